The second kappa shape index (κ2) is 5.96. The van der Waals surface area contributed by atoms with Gasteiger partial charge in [0.05, 0.1) is 4.92 Å². The van der Waals surface area contributed by atoms with Gasteiger partial charge in [-0.2, -0.15) is 0 Å². The molecule has 0 radical (unpaired) electrons. The lowest BCUT2D eigenvalue weighted by Gasteiger charge is -2.17. The first kappa shape index (κ1) is 14.6. The van der Waals surface area contributed by atoms with E-state index in [0.29, 0.717) is 17.0 Å². The molecule has 1 aromatic carbocycles. The van der Waals surface area contributed by atoms with Gasteiger partial charge < -0.3 is 0 Å². The minimum atomic E-state index is -0.460. The van der Waals surface area contributed by atoms with Gasteiger partial charge in [0.25, 0.3) is 5.69 Å². The van der Waals surface area contributed by atoms with Crippen molar-refractivity contribution >= 4 is 23.1 Å². The number of rotatable bonds is 5. The first-order chi connectivity index (χ1) is 8.32. The zero-order chi connectivity index (χ0) is 13.9. The van der Waals surface area contributed by atoms with Crippen LogP contribution in [0.3, 0.4) is 0 Å². The molecule has 0 N–H and O–H groups in total. The Morgan fingerprint density at radius 3 is 2.50 bits per heavy atom. The maximum Gasteiger partial charge on any atom is 0.274 e. The van der Waals surface area contributed by atoms with Crippen LogP contribution in [-0.4, -0.2) is 10.7 Å². The lowest BCUT2D eigenvalue weighted by Crippen LogP contribution is -2.20. The molecule has 0 heterocycles. The van der Waals surface area contributed by atoms with Crippen molar-refractivity contribution in [2.75, 3.05) is 0 Å². The molecule has 0 bridgehead atoms. The molecular weight excluding hydrogens is 254 g/mol. The Labute approximate surface area is 111 Å². The summed E-state index contributed by atoms with van der Waals surface area (Å²) in [5.74, 6) is -0.00287. The van der Waals surface area contributed by atoms with E-state index in [0.717, 1.165) is 0 Å². The number of hydrogen-bond donors (Lipinski definition) is 0. The number of Topliss-reactive ketones (excluding diaryl/α,β-unsaturated/α-hetero) is 1. The van der Waals surface area contributed by atoms with Crippen molar-refractivity contribution in [2.24, 2.45) is 11.8 Å². The fraction of sp³-hybridized carbons (Fsp3) is 0.462. The van der Waals surface area contributed by atoms with Crippen molar-refractivity contribution in [2.45, 2.75) is 27.2 Å². The molecule has 1 atom stereocenters. The lowest BCUT2D eigenvalue weighted by atomic mass is 9.86. The Morgan fingerprint density at radius 1 is 1.44 bits per heavy atom. The topological polar surface area (TPSA) is 60.2 Å². The molecule has 0 saturated heterocycles. The second-order valence-electron chi connectivity index (χ2n) is 4.70. The third kappa shape index (κ3) is 3.53. The highest BCUT2D eigenvalue weighted by atomic mass is 35.5. The summed E-state index contributed by atoms with van der Waals surface area (Å²) in [5.41, 5.74) is 0.535. The molecule has 98 valence electrons. The van der Waals surface area contributed by atoms with Gasteiger partial charge in [-0.05, 0) is 25.3 Å². The number of hydrogen-bond acceptors (Lipinski definition) is 3. The summed E-state index contributed by atoms with van der Waals surface area (Å²) in [4.78, 5) is 22.0. The number of nitro benzene ring substituents is 1. The van der Waals surface area contributed by atoms with Crippen molar-refractivity contribution in [1.29, 1.82) is 0 Å². The molecule has 0 aliphatic heterocycles. The number of nitro groups is 1. The Kier molecular flexibility index (Phi) is 4.84. The fourth-order valence-electron chi connectivity index (χ4n) is 1.97. The van der Waals surface area contributed by atoms with Crippen LogP contribution >= 0.6 is 11.6 Å². The summed E-state index contributed by atoms with van der Waals surface area (Å²) >= 11 is 5.75. The second-order valence-corrected chi connectivity index (χ2v) is 5.13. The standard InChI is InChI=1S/C13H16ClNO3/c1-8(2)12(9(3)16)6-10-4-5-11(14)7-13(10)15(17)18/h4-5,7-8,12H,6H2,1-3H3. The third-order valence-corrected chi connectivity index (χ3v) is 3.25. The monoisotopic (exact) mass is 269 g/mol. The van der Waals surface area contributed by atoms with E-state index >= 15 is 0 Å². The van der Waals surface area contributed by atoms with Gasteiger partial charge in [0, 0.05) is 22.6 Å². The van der Waals surface area contributed by atoms with E-state index in [1.54, 1.807) is 12.1 Å². The molecular formula is C13H16ClNO3. The lowest BCUT2D eigenvalue weighted by molar-refractivity contribution is -0.385. The molecule has 1 aromatic rings. The summed E-state index contributed by atoms with van der Waals surface area (Å²) in [6.45, 7) is 5.40. The predicted molar refractivity (Wildman–Crippen MR) is 70.8 cm³/mol. The number of halogens is 1. The van der Waals surface area contributed by atoms with Crippen molar-refractivity contribution in [3.05, 3.63) is 38.9 Å². The quantitative estimate of drug-likeness (QED) is 0.605. The van der Waals surface area contributed by atoms with E-state index < -0.39 is 4.92 Å². The first-order valence-corrected chi connectivity index (χ1v) is 6.14. The maximum atomic E-state index is 11.5. The van der Waals surface area contributed by atoms with Gasteiger partial charge in [-0.3, -0.25) is 14.9 Å². The first-order valence-electron chi connectivity index (χ1n) is 5.76. The van der Waals surface area contributed by atoms with Crippen LogP contribution in [0.15, 0.2) is 18.2 Å². The van der Waals surface area contributed by atoms with Gasteiger partial charge in [0.1, 0.15) is 5.78 Å². The van der Waals surface area contributed by atoms with E-state index in [4.69, 9.17) is 11.6 Å². The summed E-state index contributed by atoms with van der Waals surface area (Å²) in [7, 11) is 0. The van der Waals surface area contributed by atoms with Crippen LogP contribution in [0.25, 0.3) is 0 Å². The molecule has 0 spiro atoms. The summed E-state index contributed by atoms with van der Waals surface area (Å²) in [6, 6.07) is 4.56. The number of ketones is 1. The van der Waals surface area contributed by atoms with Gasteiger partial charge in [0.15, 0.2) is 0 Å². The Bertz CT molecular complexity index is 471. The van der Waals surface area contributed by atoms with Gasteiger partial charge in [-0.25, -0.2) is 0 Å². The van der Waals surface area contributed by atoms with Gasteiger partial charge in [-0.15, -0.1) is 0 Å². The van der Waals surface area contributed by atoms with Crippen molar-refractivity contribution in [3.63, 3.8) is 0 Å². The highest BCUT2D eigenvalue weighted by Gasteiger charge is 2.23. The molecule has 0 aliphatic carbocycles. The summed E-state index contributed by atoms with van der Waals surface area (Å²) < 4.78 is 0. The normalized spacial score (nSPS) is 12.5. The average Bonchev–Trinajstić information content (AvgIpc) is 2.25. The highest BCUT2D eigenvalue weighted by Crippen LogP contribution is 2.27. The number of nitrogens with zero attached hydrogens (tertiary/aromatic N) is 1. The van der Waals surface area contributed by atoms with E-state index in [9.17, 15) is 14.9 Å². The number of carbonyl (C=O) groups excluding carboxylic acids is 1. The Morgan fingerprint density at radius 2 is 2.06 bits per heavy atom. The van der Waals surface area contributed by atoms with Crippen LogP contribution in [0, 0.1) is 22.0 Å². The van der Waals surface area contributed by atoms with Crippen LogP contribution in [0.5, 0.6) is 0 Å². The van der Waals surface area contributed by atoms with Gasteiger partial charge in [-0.1, -0.05) is 31.5 Å². The molecule has 1 unspecified atom stereocenters. The smallest absolute Gasteiger partial charge is 0.274 e. The van der Waals surface area contributed by atoms with Crippen LogP contribution < -0.4 is 0 Å². The largest absolute Gasteiger partial charge is 0.300 e. The van der Waals surface area contributed by atoms with Gasteiger partial charge >= 0.3 is 0 Å². The molecule has 0 amide bonds. The van der Waals surface area contributed by atoms with E-state index in [1.807, 2.05) is 13.8 Å². The SMILES string of the molecule is CC(=O)C(Cc1ccc(Cl)cc1[N+](=O)[O-])C(C)C. The molecule has 0 aliphatic rings. The fourth-order valence-corrected chi connectivity index (χ4v) is 2.13. The Hall–Kier alpha value is -1.42. The molecule has 18 heavy (non-hydrogen) atoms. The molecule has 5 heteroatoms. The van der Waals surface area contributed by atoms with Crippen LogP contribution in [-0.2, 0) is 11.2 Å². The maximum absolute atomic E-state index is 11.5. The highest BCUT2D eigenvalue weighted by molar-refractivity contribution is 6.30. The predicted octanol–water partition coefficient (Wildman–Crippen LogP) is 3.65. The zero-order valence-corrected chi connectivity index (χ0v) is 11.4. The third-order valence-electron chi connectivity index (χ3n) is 3.01. The van der Waals surface area contributed by atoms with E-state index in [2.05, 4.69) is 0 Å². The zero-order valence-electron chi connectivity index (χ0n) is 10.6. The minimum Gasteiger partial charge on any atom is -0.300 e. The molecule has 0 fully saturated rings. The van der Waals surface area contributed by atoms with Crippen molar-refractivity contribution in [3.8, 4) is 0 Å². The van der Waals surface area contributed by atoms with E-state index in [-0.39, 0.29) is 23.3 Å². The van der Waals surface area contributed by atoms with Crippen LogP contribution in [0.2, 0.25) is 5.02 Å². The van der Waals surface area contributed by atoms with Crippen LogP contribution in [0.1, 0.15) is 26.3 Å². The number of benzene rings is 1. The average molecular weight is 270 g/mol. The van der Waals surface area contributed by atoms with Crippen molar-refractivity contribution < 1.29 is 9.72 Å². The van der Waals surface area contributed by atoms with Gasteiger partial charge in [0.2, 0.25) is 0 Å². The Balaban J connectivity index is 3.10. The molecule has 4 nitrogen and oxygen atoms in total. The summed E-state index contributed by atoms with van der Waals surface area (Å²) in [6.07, 6.45) is 0.375. The minimum absolute atomic E-state index is 0.0191. The van der Waals surface area contributed by atoms with Crippen molar-refractivity contribution in [1.82, 2.24) is 0 Å². The molecule has 0 aromatic heterocycles. The number of carbonyl (C=O) groups is 1. The molecule has 0 saturated carbocycles. The van der Waals surface area contributed by atoms with E-state index in [1.165, 1.54) is 13.0 Å². The summed E-state index contributed by atoms with van der Waals surface area (Å²) in [5, 5.41) is 11.3. The van der Waals surface area contributed by atoms with Crippen LogP contribution in [0.4, 0.5) is 5.69 Å². The molecule has 1 rings (SSSR count).